The average Bonchev–Trinajstić information content (AvgIpc) is 2.20. The maximum atomic E-state index is 7.41. The Morgan fingerprint density at radius 2 is 1.86 bits per heavy atom. The Bertz CT molecular complexity index is 179. The second-order valence-electron chi connectivity index (χ2n) is 4.24. The SMILES string of the molecule is CCC(CC)N1CCC(C(=N)N)CC1. The first-order valence-corrected chi connectivity index (χ1v) is 5.77. The van der Waals surface area contributed by atoms with Crippen LogP contribution in [0.1, 0.15) is 39.5 Å². The van der Waals surface area contributed by atoms with Crippen LogP contribution in [-0.2, 0) is 0 Å². The van der Waals surface area contributed by atoms with Crippen LogP contribution in [0, 0.1) is 11.3 Å². The van der Waals surface area contributed by atoms with E-state index in [0.717, 1.165) is 32.0 Å². The first-order valence-electron chi connectivity index (χ1n) is 5.77. The zero-order valence-corrected chi connectivity index (χ0v) is 9.42. The van der Waals surface area contributed by atoms with Crippen molar-refractivity contribution in [1.29, 1.82) is 5.41 Å². The van der Waals surface area contributed by atoms with Gasteiger partial charge in [-0.15, -0.1) is 0 Å². The summed E-state index contributed by atoms with van der Waals surface area (Å²) in [4.78, 5) is 2.56. The van der Waals surface area contributed by atoms with Gasteiger partial charge >= 0.3 is 0 Å². The molecule has 0 bridgehead atoms. The van der Waals surface area contributed by atoms with Gasteiger partial charge in [0.15, 0.2) is 0 Å². The van der Waals surface area contributed by atoms with Gasteiger partial charge < -0.3 is 10.6 Å². The second-order valence-corrected chi connectivity index (χ2v) is 4.24. The molecular weight excluding hydrogens is 174 g/mol. The van der Waals surface area contributed by atoms with Crippen molar-refractivity contribution < 1.29 is 0 Å². The van der Waals surface area contributed by atoms with Crippen LogP contribution in [-0.4, -0.2) is 29.9 Å². The molecule has 3 nitrogen and oxygen atoms in total. The van der Waals surface area contributed by atoms with E-state index in [9.17, 15) is 0 Å². The Balaban J connectivity index is 2.38. The molecule has 0 atom stereocenters. The van der Waals surface area contributed by atoms with Crippen LogP contribution in [0.3, 0.4) is 0 Å². The van der Waals surface area contributed by atoms with Gasteiger partial charge in [0.25, 0.3) is 0 Å². The van der Waals surface area contributed by atoms with Gasteiger partial charge in [-0.1, -0.05) is 13.8 Å². The summed E-state index contributed by atoms with van der Waals surface area (Å²) in [5, 5.41) is 7.41. The summed E-state index contributed by atoms with van der Waals surface area (Å²) in [6.07, 6.45) is 4.63. The van der Waals surface area contributed by atoms with Crippen molar-refractivity contribution in [2.75, 3.05) is 13.1 Å². The van der Waals surface area contributed by atoms with E-state index in [1.165, 1.54) is 12.8 Å². The predicted molar refractivity (Wildman–Crippen MR) is 60.6 cm³/mol. The molecule has 0 aromatic heterocycles. The van der Waals surface area contributed by atoms with E-state index >= 15 is 0 Å². The van der Waals surface area contributed by atoms with E-state index in [0.29, 0.717) is 11.8 Å². The van der Waals surface area contributed by atoms with Crippen molar-refractivity contribution in [3.63, 3.8) is 0 Å². The van der Waals surface area contributed by atoms with Crippen LogP contribution >= 0.6 is 0 Å². The maximum absolute atomic E-state index is 7.41. The van der Waals surface area contributed by atoms with Crippen molar-refractivity contribution >= 4 is 5.84 Å². The molecule has 14 heavy (non-hydrogen) atoms. The van der Waals surface area contributed by atoms with Crippen molar-refractivity contribution in [2.45, 2.75) is 45.6 Å². The Hall–Kier alpha value is -0.570. The van der Waals surface area contributed by atoms with Gasteiger partial charge in [-0.25, -0.2) is 0 Å². The lowest BCUT2D eigenvalue weighted by Gasteiger charge is -2.36. The van der Waals surface area contributed by atoms with Gasteiger partial charge in [-0.05, 0) is 38.8 Å². The van der Waals surface area contributed by atoms with Crippen LogP contribution in [0.5, 0.6) is 0 Å². The van der Waals surface area contributed by atoms with E-state index in [2.05, 4.69) is 18.7 Å². The normalized spacial score (nSPS) is 20.2. The van der Waals surface area contributed by atoms with Gasteiger partial charge in [0, 0.05) is 12.0 Å². The monoisotopic (exact) mass is 197 g/mol. The molecule has 0 spiro atoms. The number of hydrogen-bond acceptors (Lipinski definition) is 2. The van der Waals surface area contributed by atoms with E-state index in [1.54, 1.807) is 0 Å². The topological polar surface area (TPSA) is 53.1 Å². The number of hydrogen-bond donors (Lipinski definition) is 2. The number of nitrogens with two attached hydrogens (primary N) is 1. The molecule has 1 aliphatic rings. The molecule has 0 aliphatic carbocycles. The van der Waals surface area contributed by atoms with E-state index in [4.69, 9.17) is 11.1 Å². The quantitative estimate of drug-likeness (QED) is 0.533. The Morgan fingerprint density at radius 1 is 1.36 bits per heavy atom. The van der Waals surface area contributed by atoms with Crippen LogP contribution in [0.2, 0.25) is 0 Å². The lowest BCUT2D eigenvalue weighted by Crippen LogP contribution is -2.43. The Kier molecular flexibility index (Phi) is 4.39. The molecule has 1 heterocycles. The highest BCUT2D eigenvalue weighted by atomic mass is 15.2. The molecule has 1 rings (SSSR count). The van der Waals surface area contributed by atoms with Crippen molar-refractivity contribution in [1.82, 2.24) is 4.90 Å². The maximum Gasteiger partial charge on any atom is 0.0937 e. The summed E-state index contributed by atoms with van der Waals surface area (Å²) in [6.45, 7) is 6.75. The number of likely N-dealkylation sites (tertiary alicyclic amines) is 1. The summed E-state index contributed by atoms with van der Waals surface area (Å²) in [7, 11) is 0. The molecule has 0 aromatic rings. The highest BCUT2D eigenvalue weighted by molar-refractivity contribution is 5.79. The highest BCUT2D eigenvalue weighted by Gasteiger charge is 2.24. The van der Waals surface area contributed by atoms with Crippen LogP contribution in [0.15, 0.2) is 0 Å². The molecule has 0 radical (unpaired) electrons. The fourth-order valence-corrected chi connectivity index (χ4v) is 2.38. The summed E-state index contributed by atoms with van der Waals surface area (Å²) in [5.74, 6) is 0.731. The fraction of sp³-hybridized carbons (Fsp3) is 0.909. The third-order valence-electron chi connectivity index (χ3n) is 3.43. The van der Waals surface area contributed by atoms with Crippen LogP contribution in [0.4, 0.5) is 0 Å². The first-order chi connectivity index (χ1) is 6.69. The third kappa shape index (κ3) is 2.71. The average molecular weight is 197 g/mol. The molecule has 1 saturated heterocycles. The molecule has 0 amide bonds. The minimum atomic E-state index is 0.348. The summed E-state index contributed by atoms with van der Waals surface area (Å²) >= 11 is 0. The largest absolute Gasteiger partial charge is 0.387 e. The Labute approximate surface area is 87.2 Å². The number of nitrogens with one attached hydrogen (secondary N) is 1. The number of nitrogens with zero attached hydrogens (tertiary/aromatic N) is 1. The number of amidine groups is 1. The third-order valence-corrected chi connectivity index (χ3v) is 3.43. The minimum Gasteiger partial charge on any atom is -0.387 e. The zero-order chi connectivity index (χ0) is 10.6. The van der Waals surface area contributed by atoms with E-state index < -0.39 is 0 Å². The molecule has 3 N–H and O–H groups in total. The second kappa shape index (κ2) is 5.35. The molecule has 82 valence electrons. The van der Waals surface area contributed by atoms with Gasteiger partial charge in [0.2, 0.25) is 0 Å². The highest BCUT2D eigenvalue weighted by Crippen LogP contribution is 2.20. The summed E-state index contributed by atoms with van der Waals surface area (Å²) in [5.41, 5.74) is 5.52. The van der Waals surface area contributed by atoms with Crippen molar-refractivity contribution in [2.24, 2.45) is 11.7 Å². The zero-order valence-electron chi connectivity index (χ0n) is 9.42. The molecule has 0 saturated carbocycles. The molecular formula is C11H23N3. The summed E-state index contributed by atoms with van der Waals surface area (Å²) < 4.78 is 0. The molecule has 1 aliphatic heterocycles. The van der Waals surface area contributed by atoms with Crippen molar-refractivity contribution in [3.05, 3.63) is 0 Å². The van der Waals surface area contributed by atoms with E-state index in [-0.39, 0.29) is 0 Å². The Morgan fingerprint density at radius 3 is 2.21 bits per heavy atom. The predicted octanol–water partition coefficient (Wildman–Crippen LogP) is 1.82. The van der Waals surface area contributed by atoms with Gasteiger partial charge in [0.1, 0.15) is 0 Å². The molecule has 1 fully saturated rings. The van der Waals surface area contributed by atoms with Gasteiger partial charge in [0.05, 0.1) is 5.84 Å². The lowest BCUT2D eigenvalue weighted by atomic mass is 9.94. The standard InChI is InChI=1S/C11H23N3/c1-3-10(4-2)14-7-5-9(6-8-14)11(12)13/h9-10H,3-8H2,1-2H3,(H3,12,13). The van der Waals surface area contributed by atoms with Gasteiger partial charge in [-0.3, -0.25) is 5.41 Å². The molecule has 3 heteroatoms. The van der Waals surface area contributed by atoms with Gasteiger partial charge in [-0.2, -0.15) is 0 Å². The smallest absolute Gasteiger partial charge is 0.0937 e. The minimum absolute atomic E-state index is 0.348. The lowest BCUT2D eigenvalue weighted by molar-refractivity contribution is 0.141. The van der Waals surface area contributed by atoms with E-state index in [1.807, 2.05) is 0 Å². The summed E-state index contributed by atoms with van der Waals surface area (Å²) in [6, 6.07) is 0.739. The number of rotatable bonds is 4. The molecule has 0 unspecified atom stereocenters. The first kappa shape index (κ1) is 11.5. The van der Waals surface area contributed by atoms with Crippen LogP contribution in [0.25, 0.3) is 0 Å². The fourth-order valence-electron chi connectivity index (χ4n) is 2.38. The molecule has 0 aromatic carbocycles. The number of piperidine rings is 1. The van der Waals surface area contributed by atoms with Crippen LogP contribution < -0.4 is 5.73 Å². The van der Waals surface area contributed by atoms with Crippen molar-refractivity contribution in [3.8, 4) is 0 Å².